The molecule has 4 rings (SSSR count). The van der Waals surface area contributed by atoms with Crippen LogP contribution in [0.25, 0.3) is 0 Å². The maximum absolute atomic E-state index is 13.4. The topological polar surface area (TPSA) is 144 Å². The average molecular weight is 591 g/mol. The summed E-state index contributed by atoms with van der Waals surface area (Å²) < 4.78 is 6.94. The SMILES string of the molecule is O=C(O)CC1SC(c2ccccc2[N+](=O)[O-])N(n2c(COc3c(Cl)cc(Cl)cc3Cl)n[nH]c2=S)C1=O. The monoisotopic (exact) mass is 589 g/mol. The molecule has 1 amide bonds. The minimum absolute atomic E-state index is 0.0181. The van der Waals surface area contributed by atoms with E-state index in [0.29, 0.717) is 5.02 Å². The van der Waals surface area contributed by atoms with Crippen molar-refractivity contribution in [2.24, 2.45) is 0 Å². The summed E-state index contributed by atoms with van der Waals surface area (Å²) in [6, 6.07) is 8.73. The molecule has 1 aliphatic heterocycles. The number of carboxylic acids is 1. The van der Waals surface area contributed by atoms with Crippen molar-refractivity contribution in [3.8, 4) is 5.75 Å². The molecule has 1 saturated heterocycles. The summed E-state index contributed by atoms with van der Waals surface area (Å²) in [4.78, 5) is 35.9. The van der Waals surface area contributed by atoms with Crippen molar-refractivity contribution in [1.82, 2.24) is 14.9 Å². The lowest BCUT2D eigenvalue weighted by Gasteiger charge is -2.25. The Morgan fingerprint density at radius 1 is 1.28 bits per heavy atom. The van der Waals surface area contributed by atoms with Crippen molar-refractivity contribution >= 4 is 76.3 Å². The first-order chi connectivity index (χ1) is 17.1. The number of nitrogens with zero attached hydrogens (tertiary/aromatic N) is 4. The smallest absolute Gasteiger partial charge is 0.305 e. The largest absolute Gasteiger partial charge is 0.482 e. The maximum atomic E-state index is 13.4. The third kappa shape index (κ3) is 5.15. The summed E-state index contributed by atoms with van der Waals surface area (Å²) >= 11 is 24.6. The highest BCUT2D eigenvalue weighted by molar-refractivity contribution is 8.01. The van der Waals surface area contributed by atoms with Gasteiger partial charge in [-0.15, -0.1) is 11.8 Å². The number of carboxylic acid groups (broad SMARTS) is 1. The second-order valence-corrected chi connectivity index (χ2v) is 10.2. The van der Waals surface area contributed by atoms with Gasteiger partial charge in [-0.3, -0.25) is 24.8 Å². The Kier molecular flexibility index (Phi) is 7.76. The van der Waals surface area contributed by atoms with Gasteiger partial charge in [0.2, 0.25) is 4.77 Å². The van der Waals surface area contributed by atoms with E-state index in [-0.39, 0.29) is 44.2 Å². The summed E-state index contributed by atoms with van der Waals surface area (Å²) in [5, 5.41) is 27.4. The van der Waals surface area contributed by atoms with Crippen LogP contribution in [-0.4, -0.2) is 42.0 Å². The van der Waals surface area contributed by atoms with Gasteiger partial charge in [-0.05, 0) is 30.4 Å². The third-order valence-electron chi connectivity index (χ3n) is 5.02. The van der Waals surface area contributed by atoms with Crippen molar-refractivity contribution in [3.63, 3.8) is 0 Å². The molecule has 1 aliphatic rings. The van der Waals surface area contributed by atoms with Crippen LogP contribution in [0.15, 0.2) is 36.4 Å². The highest BCUT2D eigenvalue weighted by Crippen LogP contribution is 2.46. The van der Waals surface area contributed by atoms with Crippen LogP contribution in [0.1, 0.15) is 23.2 Å². The van der Waals surface area contributed by atoms with Crippen molar-refractivity contribution in [3.05, 3.63) is 77.7 Å². The highest BCUT2D eigenvalue weighted by Gasteiger charge is 2.46. The van der Waals surface area contributed by atoms with E-state index in [1.165, 1.54) is 35.0 Å². The fourth-order valence-electron chi connectivity index (χ4n) is 3.54. The molecule has 0 aliphatic carbocycles. The van der Waals surface area contributed by atoms with Gasteiger partial charge < -0.3 is 9.84 Å². The molecule has 36 heavy (non-hydrogen) atoms. The molecule has 0 spiro atoms. The Balaban J connectivity index is 1.76. The fourth-order valence-corrected chi connectivity index (χ4v) is 6.14. The zero-order chi connectivity index (χ0) is 26.1. The molecule has 2 heterocycles. The number of nitro benzene ring substituents is 1. The van der Waals surface area contributed by atoms with Crippen LogP contribution >= 0.6 is 58.8 Å². The Bertz CT molecular complexity index is 1410. The molecule has 16 heteroatoms. The summed E-state index contributed by atoms with van der Waals surface area (Å²) in [6.45, 7) is -0.268. The van der Waals surface area contributed by atoms with E-state index < -0.39 is 33.8 Å². The predicted molar refractivity (Wildman–Crippen MR) is 136 cm³/mol. The van der Waals surface area contributed by atoms with Gasteiger partial charge in [0.25, 0.3) is 11.6 Å². The molecule has 2 aromatic carbocycles. The Morgan fingerprint density at radius 3 is 2.58 bits per heavy atom. The summed E-state index contributed by atoms with van der Waals surface area (Å²) in [5.74, 6) is -1.60. The Hall–Kier alpha value is -2.84. The number of rotatable bonds is 8. The molecule has 2 unspecified atom stereocenters. The molecule has 2 N–H and O–H groups in total. The van der Waals surface area contributed by atoms with Gasteiger partial charge >= 0.3 is 5.97 Å². The van der Waals surface area contributed by atoms with Crippen molar-refractivity contribution in [2.45, 2.75) is 23.7 Å². The van der Waals surface area contributed by atoms with Crippen molar-refractivity contribution < 1.29 is 24.4 Å². The summed E-state index contributed by atoms with van der Waals surface area (Å²) in [6.07, 6.45) is -0.496. The number of aromatic nitrogens is 3. The molecule has 0 bridgehead atoms. The van der Waals surface area contributed by atoms with E-state index in [0.717, 1.165) is 16.8 Å². The number of carbonyl (C=O) groups excluding carboxylic acids is 1. The van der Waals surface area contributed by atoms with Gasteiger partial charge in [-0.25, -0.2) is 9.69 Å². The third-order valence-corrected chi connectivity index (χ3v) is 7.47. The number of aliphatic carboxylic acids is 1. The quantitative estimate of drug-likeness (QED) is 0.207. The van der Waals surface area contributed by atoms with E-state index in [2.05, 4.69) is 10.2 Å². The van der Waals surface area contributed by atoms with E-state index in [4.69, 9.17) is 51.8 Å². The molecular weight excluding hydrogens is 577 g/mol. The standard InChI is InChI=1S/C20H14Cl3N5O6S2/c21-9-5-11(22)17(12(23)6-9)34-8-15-24-25-20(35)26(15)27-18(31)14(7-16(29)30)36-19(27)10-3-1-2-4-13(10)28(32)33/h1-6,14,19H,7-8H2,(H,25,35)(H,29,30). The van der Waals surface area contributed by atoms with Gasteiger partial charge in [0, 0.05) is 11.1 Å². The zero-order valence-electron chi connectivity index (χ0n) is 17.8. The first-order valence-electron chi connectivity index (χ1n) is 9.96. The molecular formula is C20H14Cl3N5O6S2. The van der Waals surface area contributed by atoms with Gasteiger partial charge in [-0.2, -0.15) is 5.10 Å². The number of nitrogens with one attached hydrogen (secondary N) is 1. The predicted octanol–water partition coefficient (Wildman–Crippen LogP) is 5.14. The lowest BCUT2D eigenvalue weighted by atomic mass is 10.1. The Morgan fingerprint density at radius 2 is 1.94 bits per heavy atom. The summed E-state index contributed by atoms with van der Waals surface area (Å²) in [7, 11) is 0. The van der Waals surface area contributed by atoms with Crippen LogP contribution in [0.4, 0.5) is 5.69 Å². The number of hydrogen-bond donors (Lipinski definition) is 2. The van der Waals surface area contributed by atoms with Crippen molar-refractivity contribution in [2.75, 3.05) is 5.01 Å². The molecule has 0 saturated carbocycles. The van der Waals surface area contributed by atoms with Crippen LogP contribution in [0.2, 0.25) is 15.1 Å². The first kappa shape index (κ1) is 26.2. The van der Waals surface area contributed by atoms with Gasteiger partial charge in [0.1, 0.15) is 12.0 Å². The Labute approximate surface area is 227 Å². The number of nitro groups is 1. The number of amides is 1. The number of para-hydroxylation sites is 1. The minimum atomic E-state index is -1.20. The number of benzene rings is 2. The van der Waals surface area contributed by atoms with Crippen molar-refractivity contribution in [1.29, 1.82) is 0 Å². The first-order valence-corrected chi connectivity index (χ1v) is 12.4. The molecule has 1 fully saturated rings. The molecule has 188 valence electrons. The number of thioether (sulfide) groups is 1. The highest BCUT2D eigenvalue weighted by atomic mass is 35.5. The van der Waals surface area contributed by atoms with E-state index in [1.807, 2.05) is 0 Å². The number of carbonyl (C=O) groups is 2. The molecule has 2 atom stereocenters. The van der Waals surface area contributed by atoms with Crippen LogP contribution in [0.5, 0.6) is 5.75 Å². The molecule has 1 aromatic heterocycles. The summed E-state index contributed by atoms with van der Waals surface area (Å²) in [5.41, 5.74) is -0.0520. The van der Waals surface area contributed by atoms with Crippen LogP contribution in [-0.2, 0) is 16.2 Å². The molecule has 3 aromatic rings. The van der Waals surface area contributed by atoms with E-state index in [9.17, 15) is 24.8 Å². The minimum Gasteiger partial charge on any atom is -0.482 e. The zero-order valence-corrected chi connectivity index (χ0v) is 21.7. The van der Waals surface area contributed by atoms with Crippen LogP contribution in [0.3, 0.4) is 0 Å². The molecule has 11 nitrogen and oxygen atoms in total. The number of aromatic amines is 1. The maximum Gasteiger partial charge on any atom is 0.305 e. The van der Waals surface area contributed by atoms with E-state index in [1.54, 1.807) is 6.07 Å². The average Bonchev–Trinajstić information content (AvgIpc) is 3.31. The normalized spacial score (nSPS) is 17.4. The fraction of sp³-hybridized carbons (Fsp3) is 0.200. The number of H-pyrrole nitrogens is 1. The van der Waals surface area contributed by atoms with E-state index >= 15 is 0 Å². The van der Waals surface area contributed by atoms with Gasteiger partial charge in [0.15, 0.2) is 11.6 Å². The molecule has 0 radical (unpaired) electrons. The number of hydrogen-bond acceptors (Lipinski definition) is 8. The lowest BCUT2D eigenvalue weighted by molar-refractivity contribution is -0.385. The second kappa shape index (κ2) is 10.6. The van der Waals surface area contributed by atoms with Gasteiger partial charge in [-0.1, -0.05) is 46.9 Å². The van der Waals surface area contributed by atoms with Crippen LogP contribution < -0.4 is 9.75 Å². The second-order valence-electron chi connectivity index (χ2n) is 7.32. The number of halogens is 3. The number of ether oxygens (including phenoxy) is 1. The lowest BCUT2D eigenvalue weighted by Crippen LogP contribution is -2.42. The van der Waals surface area contributed by atoms with Crippen LogP contribution in [0, 0.1) is 14.9 Å². The van der Waals surface area contributed by atoms with Gasteiger partial charge in [0.05, 0.1) is 32.2 Å².